The summed E-state index contributed by atoms with van der Waals surface area (Å²) >= 11 is 1.42. The Labute approximate surface area is 122 Å². The van der Waals surface area contributed by atoms with Crippen LogP contribution in [0.5, 0.6) is 0 Å². The third kappa shape index (κ3) is 3.54. The van der Waals surface area contributed by atoms with E-state index in [9.17, 15) is 4.39 Å². The fourth-order valence-electron chi connectivity index (χ4n) is 2.59. The van der Waals surface area contributed by atoms with Gasteiger partial charge in [0.15, 0.2) is 0 Å². The summed E-state index contributed by atoms with van der Waals surface area (Å²) in [6, 6.07) is 7.07. The van der Waals surface area contributed by atoms with Crippen molar-refractivity contribution in [3.63, 3.8) is 0 Å². The second kappa shape index (κ2) is 6.31. The predicted molar refractivity (Wildman–Crippen MR) is 79.6 cm³/mol. The highest BCUT2D eigenvalue weighted by Gasteiger charge is 2.15. The molecular weight excluding hydrogens is 273 g/mol. The largest absolute Gasteiger partial charge is 0.358 e. The van der Waals surface area contributed by atoms with Crippen LogP contribution < -0.4 is 5.32 Å². The molecule has 1 aromatic heterocycles. The molecule has 0 amide bonds. The Morgan fingerprint density at radius 1 is 1.15 bits per heavy atom. The molecule has 1 aliphatic rings. The van der Waals surface area contributed by atoms with Gasteiger partial charge in [-0.25, -0.2) is 9.37 Å². The molecule has 1 heterocycles. The maximum Gasteiger partial charge on any atom is 0.202 e. The summed E-state index contributed by atoms with van der Waals surface area (Å²) in [5.41, 5.74) is 1.04. The predicted octanol–water partition coefficient (Wildman–Crippen LogP) is 4.01. The van der Waals surface area contributed by atoms with Crippen LogP contribution in [-0.4, -0.2) is 15.4 Å². The van der Waals surface area contributed by atoms with E-state index >= 15 is 0 Å². The van der Waals surface area contributed by atoms with Crippen LogP contribution in [0.15, 0.2) is 24.3 Å². The molecule has 0 bridgehead atoms. The van der Waals surface area contributed by atoms with Crippen molar-refractivity contribution >= 4 is 16.7 Å². The van der Waals surface area contributed by atoms with E-state index in [1.54, 1.807) is 12.1 Å². The molecule has 1 N–H and O–H groups in total. The molecule has 106 valence electrons. The average Bonchev–Trinajstić information content (AvgIpc) is 2.90. The van der Waals surface area contributed by atoms with Crippen LogP contribution in [0, 0.1) is 5.82 Å². The van der Waals surface area contributed by atoms with Gasteiger partial charge in [-0.05, 0) is 30.5 Å². The lowest BCUT2D eigenvalue weighted by atomic mass is 9.96. The monoisotopic (exact) mass is 291 g/mol. The summed E-state index contributed by atoms with van der Waals surface area (Å²) in [6.45, 7) is 0. The maximum absolute atomic E-state index is 12.9. The Morgan fingerprint density at radius 2 is 1.90 bits per heavy atom. The molecule has 5 heteroatoms. The maximum atomic E-state index is 12.9. The molecule has 1 saturated carbocycles. The van der Waals surface area contributed by atoms with Gasteiger partial charge in [-0.2, -0.15) is 4.37 Å². The van der Waals surface area contributed by atoms with Crippen molar-refractivity contribution < 1.29 is 4.39 Å². The molecule has 2 aromatic rings. The third-order valence-electron chi connectivity index (χ3n) is 3.68. The number of hydrogen-bond acceptors (Lipinski definition) is 4. The van der Waals surface area contributed by atoms with Gasteiger partial charge in [-0.1, -0.05) is 31.4 Å². The zero-order valence-electron chi connectivity index (χ0n) is 11.3. The molecule has 0 aliphatic heterocycles. The summed E-state index contributed by atoms with van der Waals surface area (Å²) in [5.74, 6) is 0.597. The van der Waals surface area contributed by atoms with Gasteiger partial charge in [0.25, 0.3) is 0 Å². The van der Waals surface area contributed by atoms with Crippen molar-refractivity contribution in [3.8, 4) is 0 Å². The quantitative estimate of drug-likeness (QED) is 0.924. The number of nitrogens with one attached hydrogen (secondary N) is 1. The van der Waals surface area contributed by atoms with Crippen molar-refractivity contribution in [2.24, 2.45) is 0 Å². The first kappa shape index (κ1) is 13.5. The summed E-state index contributed by atoms with van der Waals surface area (Å²) < 4.78 is 17.2. The molecule has 1 aromatic carbocycles. The Hall–Kier alpha value is -1.49. The zero-order chi connectivity index (χ0) is 13.8. The molecule has 0 saturated heterocycles. The molecule has 1 fully saturated rings. The van der Waals surface area contributed by atoms with Crippen LogP contribution >= 0.6 is 11.5 Å². The van der Waals surface area contributed by atoms with Crippen molar-refractivity contribution in [2.45, 2.75) is 44.6 Å². The fourth-order valence-corrected chi connectivity index (χ4v) is 3.25. The van der Waals surface area contributed by atoms with Crippen LogP contribution in [0.2, 0.25) is 0 Å². The molecule has 3 rings (SSSR count). The van der Waals surface area contributed by atoms with Gasteiger partial charge in [0.1, 0.15) is 11.6 Å². The molecule has 0 spiro atoms. The first-order valence-corrected chi connectivity index (χ1v) is 7.90. The summed E-state index contributed by atoms with van der Waals surface area (Å²) in [4.78, 5) is 4.52. The van der Waals surface area contributed by atoms with Crippen LogP contribution in [0.1, 0.15) is 43.5 Å². The highest BCUT2D eigenvalue weighted by Crippen LogP contribution is 2.23. The first-order chi connectivity index (χ1) is 9.79. The first-order valence-electron chi connectivity index (χ1n) is 7.13. The van der Waals surface area contributed by atoms with Crippen LogP contribution in [0.25, 0.3) is 0 Å². The summed E-state index contributed by atoms with van der Waals surface area (Å²) in [6.07, 6.45) is 7.07. The number of halogens is 1. The van der Waals surface area contributed by atoms with Gasteiger partial charge in [0, 0.05) is 24.0 Å². The van der Waals surface area contributed by atoms with Crippen molar-refractivity contribution in [2.75, 3.05) is 5.32 Å². The minimum atomic E-state index is -0.209. The van der Waals surface area contributed by atoms with E-state index in [4.69, 9.17) is 0 Å². The van der Waals surface area contributed by atoms with E-state index in [0.29, 0.717) is 12.5 Å². The average molecular weight is 291 g/mol. The van der Waals surface area contributed by atoms with Gasteiger partial charge in [0.05, 0.1) is 0 Å². The minimum Gasteiger partial charge on any atom is -0.358 e. The fraction of sp³-hybridized carbons (Fsp3) is 0.467. The lowest BCUT2D eigenvalue weighted by Gasteiger charge is -2.21. The van der Waals surface area contributed by atoms with E-state index in [-0.39, 0.29) is 5.82 Å². The Balaban J connectivity index is 1.60. The molecule has 20 heavy (non-hydrogen) atoms. The van der Waals surface area contributed by atoms with E-state index in [1.807, 2.05) is 0 Å². The second-order valence-corrected chi connectivity index (χ2v) is 6.05. The number of aromatic nitrogens is 2. The van der Waals surface area contributed by atoms with E-state index in [0.717, 1.165) is 16.5 Å². The van der Waals surface area contributed by atoms with Crippen molar-refractivity contribution in [3.05, 3.63) is 41.5 Å². The van der Waals surface area contributed by atoms with Crippen LogP contribution in [-0.2, 0) is 6.42 Å². The Morgan fingerprint density at radius 3 is 2.65 bits per heavy atom. The smallest absolute Gasteiger partial charge is 0.202 e. The van der Waals surface area contributed by atoms with Crippen LogP contribution in [0.3, 0.4) is 0 Å². The van der Waals surface area contributed by atoms with E-state index < -0.39 is 0 Å². The van der Waals surface area contributed by atoms with E-state index in [2.05, 4.69) is 14.7 Å². The molecule has 0 atom stereocenters. The highest BCUT2D eigenvalue weighted by atomic mass is 32.1. The van der Waals surface area contributed by atoms with Gasteiger partial charge in [-0.3, -0.25) is 0 Å². The number of anilines is 1. The molecule has 3 nitrogen and oxygen atoms in total. The standard InChI is InChI=1S/C15H18FN3S/c16-12-8-6-11(7-9-12)10-14-18-15(20-19-14)17-13-4-2-1-3-5-13/h6-9,13H,1-5,10H2,(H,17,18,19). The Kier molecular flexibility index (Phi) is 4.25. The summed E-state index contributed by atoms with van der Waals surface area (Å²) in [7, 11) is 0. The summed E-state index contributed by atoms with van der Waals surface area (Å²) in [5, 5.41) is 4.39. The van der Waals surface area contributed by atoms with Gasteiger partial charge >= 0.3 is 0 Å². The van der Waals surface area contributed by atoms with Gasteiger partial charge < -0.3 is 5.32 Å². The van der Waals surface area contributed by atoms with Gasteiger partial charge in [-0.15, -0.1) is 0 Å². The number of benzene rings is 1. The molecular formula is C15H18FN3S. The van der Waals surface area contributed by atoms with Crippen LogP contribution in [0.4, 0.5) is 9.52 Å². The SMILES string of the molecule is Fc1ccc(Cc2nsc(NC3CCCCC3)n2)cc1. The highest BCUT2D eigenvalue weighted by molar-refractivity contribution is 7.09. The van der Waals surface area contributed by atoms with Crippen molar-refractivity contribution in [1.82, 2.24) is 9.36 Å². The third-order valence-corrected chi connectivity index (χ3v) is 4.36. The lowest BCUT2D eigenvalue weighted by Crippen LogP contribution is -2.22. The number of rotatable bonds is 4. The lowest BCUT2D eigenvalue weighted by molar-refractivity contribution is 0.462. The second-order valence-electron chi connectivity index (χ2n) is 5.30. The number of hydrogen-bond donors (Lipinski definition) is 1. The normalized spacial score (nSPS) is 16.2. The molecule has 1 aliphatic carbocycles. The molecule has 0 unspecified atom stereocenters. The van der Waals surface area contributed by atoms with Gasteiger partial charge in [0.2, 0.25) is 5.13 Å². The minimum absolute atomic E-state index is 0.209. The molecule has 0 radical (unpaired) electrons. The van der Waals surface area contributed by atoms with Crippen molar-refractivity contribution in [1.29, 1.82) is 0 Å². The zero-order valence-corrected chi connectivity index (χ0v) is 12.1. The Bertz CT molecular complexity index is 547. The number of nitrogens with zero attached hydrogens (tertiary/aromatic N) is 2. The van der Waals surface area contributed by atoms with E-state index in [1.165, 1.54) is 55.8 Å². The topological polar surface area (TPSA) is 37.8 Å².